The molecule has 0 fully saturated rings. The zero-order chi connectivity index (χ0) is 13.0. The summed E-state index contributed by atoms with van der Waals surface area (Å²) in [6.07, 6.45) is -0.436. The molecule has 1 aromatic rings. The molecule has 0 aliphatic heterocycles. The van der Waals surface area contributed by atoms with Crippen LogP contribution in [-0.4, -0.2) is 17.7 Å². The van der Waals surface area contributed by atoms with Crippen LogP contribution in [0.1, 0.15) is 16.7 Å². The number of hydrogen-bond donors (Lipinski definition) is 1. The number of aliphatic carboxylic acids is 1. The molecule has 6 heteroatoms. The monoisotopic (exact) mass is 241 g/mol. The van der Waals surface area contributed by atoms with Crippen LogP contribution < -0.4 is 4.74 Å². The summed E-state index contributed by atoms with van der Waals surface area (Å²) in [7, 11) is 0. The number of hydrogen-bond acceptors (Lipinski definition) is 3. The van der Waals surface area contributed by atoms with Gasteiger partial charge in [0.2, 0.25) is 0 Å². The van der Waals surface area contributed by atoms with E-state index in [-0.39, 0.29) is 22.4 Å². The first kappa shape index (κ1) is 12.9. The minimum Gasteiger partial charge on any atom is -0.481 e. The first-order valence-electron chi connectivity index (χ1n) is 4.65. The number of carbonyl (C=O) groups is 1. The fourth-order valence-corrected chi connectivity index (χ4v) is 1.42. The van der Waals surface area contributed by atoms with E-state index in [4.69, 9.17) is 10.4 Å². The number of nitriles is 1. The van der Waals surface area contributed by atoms with Crippen LogP contribution in [0.5, 0.6) is 5.75 Å². The molecule has 0 atom stereocenters. The minimum atomic E-state index is -3.06. The second-order valence-corrected chi connectivity index (χ2v) is 3.29. The van der Waals surface area contributed by atoms with Crippen LogP contribution in [0.4, 0.5) is 8.78 Å². The van der Waals surface area contributed by atoms with Gasteiger partial charge in [0, 0.05) is 11.1 Å². The second-order valence-electron chi connectivity index (χ2n) is 3.29. The number of alkyl halides is 2. The first-order chi connectivity index (χ1) is 7.95. The smallest absolute Gasteiger partial charge is 0.387 e. The molecule has 17 heavy (non-hydrogen) atoms. The van der Waals surface area contributed by atoms with E-state index >= 15 is 0 Å². The van der Waals surface area contributed by atoms with Gasteiger partial charge in [-0.15, -0.1) is 0 Å². The molecule has 1 aromatic carbocycles. The number of carboxylic acid groups (broad SMARTS) is 1. The normalized spacial score (nSPS) is 10.1. The second kappa shape index (κ2) is 5.25. The Hall–Kier alpha value is -2.16. The molecule has 0 spiro atoms. The van der Waals surface area contributed by atoms with E-state index in [9.17, 15) is 13.6 Å². The van der Waals surface area contributed by atoms with Crippen LogP contribution in [0.3, 0.4) is 0 Å². The molecule has 1 N–H and O–H groups in total. The van der Waals surface area contributed by atoms with Crippen LogP contribution in [0.15, 0.2) is 12.1 Å². The molecule has 0 bridgehead atoms. The lowest BCUT2D eigenvalue weighted by Gasteiger charge is -2.13. The number of ether oxygens (including phenoxy) is 1. The quantitative estimate of drug-likeness (QED) is 0.876. The van der Waals surface area contributed by atoms with Crippen LogP contribution in [0, 0.1) is 18.3 Å². The van der Waals surface area contributed by atoms with E-state index in [1.54, 1.807) is 0 Å². The molecular formula is C11H9F2NO3. The summed E-state index contributed by atoms with van der Waals surface area (Å²) >= 11 is 0. The van der Waals surface area contributed by atoms with E-state index in [1.807, 2.05) is 6.07 Å². The van der Waals surface area contributed by atoms with E-state index in [1.165, 1.54) is 19.1 Å². The van der Waals surface area contributed by atoms with Crippen molar-refractivity contribution in [3.63, 3.8) is 0 Å². The molecule has 90 valence electrons. The molecule has 0 aromatic heterocycles. The van der Waals surface area contributed by atoms with Crippen molar-refractivity contribution < 1.29 is 23.4 Å². The largest absolute Gasteiger partial charge is 0.481 e. The molecule has 1 rings (SSSR count). The standard InChI is InChI=1S/C11H9F2NO3/c1-6-8(5-14)3-2-7(4-9(15)16)10(6)17-11(12)13/h2-3,11H,4H2,1H3,(H,15,16). The van der Waals surface area contributed by atoms with Gasteiger partial charge in [-0.3, -0.25) is 4.79 Å². The van der Waals surface area contributed by atoms with E-state index in [0.717, 1.165) is 0 Å². The third kappa shape index (κ3) is 3.14. The van der Waals surface area contributed by atoms with Gasteiger partial charge in [-0.2, -0.15) is 14.0 Å². The van der Waals surface area contributed by atoms with Gasteiger partial charge >= 0.3 is 12.6 Å². The Balaban J connectivity index is 3.26. The Morgan fingerprint density at radius 3 is 2.71 bits per heavy atom. The van der Waals surface area contributed by atoms with Crippen LogP contribution in [0.2, 0.25) is 0 Å². The van der Waals surface area contributed by atoms with Crippen LogP contribution >= 0.6 is 0 Å². The zero-order valence-electron chi connectivity index (χ0n) is 8.91. The fraction of sp³-hybridized carbons (Fsp3) is 0.273. The maximum atomic E-state index is 12.2. The number of nitrogens with zero attached hydrogens (tertiary/aromatic N) is 1. The average Bonchev–Trinajstić information content (AvgIpc) is 2.22. The van der Waals surface area contributed by atoms with Crippen molar-refractivity contribution in [3.05, 3.63) is 28.8 Å². The molecule has 0 aliphatic carbocycles. The van der Waals surface area contributed by atoms with Crippen molar-refractivity contribution in [2.45, 2.75) is 20.0 Å². The van der Waals surface area contributed by atoms with E-state index in [0.29, 0.717) is 0 Å². The lowest BCUT2D eigenvalue weighted by atomic mass is 10.0. The minimum absolute atomic E-state index is 0.120. The molecule has 0 aliphatic rings. The maximum Gasteiger partial charge on any atom is 0.387 e. The third-order valence-corrected chi connectivity index (χ3v) is 2.16. The van der Waals surface area contributed by atoms with Gasteiger partial charge in [-0.1, -0.05) is 6.07 Å². The van der Waals surface area contributed by atoms with Crippen LogP contribution in [0.25, 0.3) is 0 Å². The Kier molecular flexibility index (Phi) is 3.99. The van der Waals surface area contributed by atoms with Gasteiger partial charge in [-0.25, -0.2) is 0 Å². The van der Waals surface area contributed by atoms with Gasteiger partial charge in [0.1, 0.15) is 5.75 Å². The van der Waals surface area contributed by atoms with Gasteiger partial charge < -0.3 is 9.84 Å². The van der Waals surface area contributed by atoms with E-state index < -0.39 is 19.0 Å². The molecule has 4 nitrogen and oxygen atoms in total. The Labute approximate surface area is 96.0 Å². The molecule has 0 saturated carbocycles. The topological polar surface area (TPSA) is 70.3 Å². The van der Waals surface area contributed by atoms with Gasteiger partial charge in [0.15, 0.2) is 0 Å². The van der Waals surface area contributed by atoms with Crippen molar-refractivity contribution >= 4 is 5.97 Å². The van der Waals surface area contributed by atoms with Crippen molar-refractivity contribution in [1.82, 2.24) is 0 Å². The summed E-state index contributed by atoms with van der Waals surface area (Å²) < 4.78 is 28.7. The van der Waals surface area contributed by atoms with Crippen LogP contribution in [-0.2, 0) is 11.2 Å². The third-order valence-electron chi connectivity index (χ3n) is 2.16. The van der Waals surface area contributed by atoms with Crippen molar-refractivity contribution in [2.24, 2.45) is 0 Å². The summed E-state index contributed by atoms with van der Waals surface area (Å²) in [6.45, 7) is -1.63. The molecule has 0 amide bonds. The molecule has 0 saturated heterocycles. The van der Waals surface area contributed by atoms with Gasteiger partial charge in [0.25, 0.3) is 0 Å². The zero-order valence-corrected chi connectivity index (χ0v) is 8.91. The number of rotatable bonds is 4. The van der Waals surface area contributed by atoms with Gasteiger partial charge in [0.05, 0.1) is 18.1 Å². The highest BCUT2D eigenvalue weighted by atomic mass is 19.3. The fourth-order valence-electron chi connectivity index (χ4n) is 1.42. The highest BCUT2D eigenvalue weighted by Gasteiger charge is 2.17. The summed E-state index contributed by atoms with van der Waals surface area (Å²) in [5.41, 5.74) is 0.510. The highest BCUT2D eigenvalue weighted by molar-refractivity contribution is 5.72. The Bertz CT molecular complexity index is 480. The molecule has 0 unspecified atom stereocenters. The first-order valence-corrected chi connectivity index (χ1v) is 4.65. The molecular weight excluding hydrogens is 232 g/mol. The number of carboxylic acids is 1. The average molecular weight is 241 g/mol. The number of halogens is 2. The number of benzene rings is 1. The Morgan fingerprint density at radius 2 is 2.24 bits per heavy atom. The van der Waals surface area contributed by atoms with E-state index in [2.05, 4.69) is 4.74 Å². The lowest BCUT2D eigenvalue weighted by Crippen LogP contribution is -2.09. The summed E-state index contributed by atoms with van der Waals surface area (Å²) in [5.74, 6) is -1.39. The lowest BCUT2D eigenvalue weighted by molar-refractivity contribution is -0.136. The highest BCUT2D eigenvalue weighted by Crippen LogP contribution is 2.28. The van der Waals surface area contributed by atoms with Crippen molar-refractivity contribution in [3.8, 4) is 11.8 Å². The maximum absolute atomic E-state index is 12.2. The van der Waals surface area contributed by atoms with Crippen molar-refractivity contribution in [1.29, 1.82) is 5.26 Å². The molecule has 0 heterocycles. The van der Waals surface area contributed by atoms with Gasteiger partial charge in [-0.05, 0) is 13.0 Å². The summed E-state index contributed by atoms with van der Waals surface area (Å²) in [4.78, 5) is 10.6. The predicted octanol–water partition coefficient (Wildman–Crippen LogP) is 2.10. The Morgan fingerprint density at radius 1 is 1.59 bits per heavy atom. The summed E-state index contributed by atoms with van der Waals surface area (Å²) in [5, 5.41) is 17.4. The predicted molar refractivity (Wildman–Crippen MR) is 53.9 cm³/mol. The summed E-state index contributed by atoms with van der Waals surface area (Å²) in [6, 6.07) is 4.50. The SMILES string of the molecule is Cc1c(C#N)ccc(CC(=O)O)c1OC(F)F. The van der Waals surface area contributed by atoms with Crippen molar-refractivity contribution in [2.75, 3.05) is 0 Å². The molecule has 0 radical (unpaired) electrons.